The van der Waals surface area contributed by atoms with Crippen LogP contribution in [0.2, 0.25) is 0 Å². The number of ether oxygens (including phenoxy) is 1. The van der Waals surface area contributed by atoms with Crippen LogP contribution in [-0.4, -0.2) is 55.0 Å². The van der Waals surface area contributed by atoms with Crippen molar-refractivity contribution in [2.45, 2.75) is 33.1 Å². The van der Waals surface area contributed by atoms with Crippen LogP contribution in [-0.2, 0) is 4.79 Å². The number of rotatable bonds is 5. The molecule has 1 spiro atoms. The monoisotopic (exact) mass is 330 g/mol. The smallest absolute Gasteiger partial charge is 0.225 e. The van der Waals surface area contributed by atoms with Crippen molar-refractivity contribution in [1.82, 2.24) is 9.80 Å². The van der Waals surface area contributed by atoms with E-state index in [0.717, 1.165) is 51.5 Å². The SMILES string of the molecule is CC(C)C(=O)N1CCC2(CCCN(CCOc3ccccc3)C2)C1. The van der Waals surface area contributed by atoms with Crippen molar-refractivity contribution in [2.75, 3.05) is 39.3 Å². The number of hydrogen-bond acceptors (Lipinski definition) is 3. The molecular formula is C20H30N2O2. The standard InChI is InChI=1S/C20H30N2O2/c1-17(2)19(23)22-12-10-20(16-22)9-6-11-21(15-20)13-14-24-18-7-4-3-5-8-18/h3-5,7-8,17H,6,9-16H2,1-2H3. The third-order valence-corrected chi connectivity index (χ3v) is 5.40. The minimum atomic E-state index is 0.110. The van der Waals surface area contributed by atoms with Gasteiger partial charge in [0.1, 0.15) is 12.4 Å². The van der Waals surface area contributed by atoms with Crippen molar-refractivity contribution in [1.29, 1.82) is 0 Å². The van der Waals surface area contributed by atoms with Crippen LogP contribution in [0.25, 0.3) is 0 Å². The number of benzene rings is 1. The molecular weight excluding hydrogens is 300 g/mol. The van der Waals surface area contributed by atoms with Crippen molar-refractivity contribution in [3.05, 3.63) is 30.3 Å². The van der Waals surface area contributed by atoms with Crippen molar-refractivity contribution in [3.8, 4) is 5.75 Å². The van der Waals surface area contributed by atoms with Crippen LogP contribution in [0.4, 0.5) is 0 Å². The van der Waals surface area contributed by atoms with Crippen LogP contribution in [0.1, 0.15) is 33.1 Å². The van der Waals surface area contributed by atoms with Gasteiger partial charge in [0.15, 0.2) is 0 Å². The van der Waals surface area contributed by atoms with Gasteiger partial charge in [-0.2, -0.15) is 0 Å². The van der Waals surface area contributed by atoms with Gasteiger partial charge in [0, 0.05) is 37.5 Å². The molecule has 3 rings (SSSR count). The summed E-state index contributed by atoms with van der Waals surface area (Å²) in [5.41, 5.74) is 0.315. The Morgan fingerprint density at radius 1 is 1.17 bits per heavy atom. The molecule has 0 saturated carbocycles. The number of piperidine rings is 1. The van der Waals surface area contributed by atoms with Gasteiger partial charge >= 0.3 is 0 Å². The van der Waals surface area contributed by atoms with Gasteiger partial charge in [-0.25, -0.2) is 0 Å². The van der Waals surface area contributed by atoms with E-state index in [9.17, 15) is 4.79 Å². The highest BCUT2D eigenvalue weighted by Gasteiger charge is 2.42. The predicted molar refractivity (Wildman–Crippen MR) is 96.1 cm³/mol. The molecule has 2 fully saturated rings. The zero-order valence-corrected chi connectivity index (χ0v) is 15.0. The molecule has 0 bridgehead atoms. The second kappa shape index (κ2) is 7.56. The first-order valence-corrected chi connectivity index (χ1v) is 9.27. The third kappa shape index (κ3) is 4.10. The van der Waals surface area contributed by atoms with Crippen LogP contribution in [0.5, 0.6) is 5.75 Å². The molecule has 132 valence electrons. The predicted octanol–water partition coefficient (Wildman–Crippen LogP) is 3.04. The molecule has 0 radical (unpaired) electrons. The van der Waals surface area contributed by atoms with Crippen molar-refractivity contribution in [2.24, 2.45) is 11.3 Å². The number of carbonyl (C=O) groups is 1. The molecule has 1 aromatic rings. The van der Waals surface area contributed by atoms with E-state index in [1.165, 1.54) is 12.8 Å². The third-order valence-electron chi connectivity index (χ3n) is 5.40. The fraction of sp³-hybridized carbons (Fsp3) is 0.650. The van der Waals surface area contributed by atoms with E-state index in [0.29, 0.717) is 11.3 Å². The van der Waals surface area contributed by atoms with E-state index >= 15 is 0 Å². The largest absolute Gasteiger partial charge is 0.492 e. The Bertz CT molecular complexity index is 546. The summed E-state index contributed by atoms with van der Waals surface area (Å²) in [5.74, 6) is 1.37. The molecule has 2 aliphatic rings. The fourth-order valence-corrected chi connectivity index (χ4v) is 4.13. The Balaban J connectivity index is 1.49. The van der Waals surface area contributed by atoms with Gasteiger partial charge in [-0.1, -0.05) is 32.0 Å². The molecule has 4 heteroatoms. The van der Waals surface area contributed by atoms with E-state index in [4.69, 9.17) is 4.74 Å². The second-order valence-corrected chi connectivity index (χ2v) is 7.71. The van der Waals surface area contributed by atoms with Crippen LogP contribution in [0, 0.1) is 11.3 Å². The summed E-state index contributed by atoms with van der Waals surface area (Å²) in [7, 11) is 0. The van der Waals surface area contributed by atoms with E-state index in [1.807, 2.05) is 44.2 Å². The van der Waals surface area contributed by atoms with E-state index in [1.54, 1.807) is 0 Å². The summed E-state index contributed by atoms with van der Waals surface area (Å²) in [4.78, 5) is 16.9. The van der Waals surface area contributed by atoms with E-state index in [-0.39, 0.29) is 5.92 Å². The van der Waals surface area contributed by atoms with Crippen molar-refractivity contribution in [3.63, 3.8) is 0 Å². The molecule has 0 aromatic heterocycles. The second-order valence-electron chi connectivity index (χ2n) is 7.71. The minimum absolute atomic E-state index is 0.110. The van der Waals surface area contributed by atoms with Crippen LogP contribution in [0.15, 0.2) is 30.3 Å². The highest BCUT2D eigenvalue weighted by Crippen LogP contribution is 2.39. The number of carbonyl (C=O) groups excluding carboxylic acids is 1. The molecule has 1 atom stereocenters. The summed E-state index contributed by atoms with van der Waals surface area (Å²) in [5, 5.41) is 0. The lowest BCUT2D eigenvalue weighted by molar-refractivity contribution is -0.134. The number of likely N-dealkylation sites (tertiary alicyclic amines) is 2. The highest BCUT2D eigenvalue weighted by molar-refractivity contribution is 5.78. The summed E-state index contributed by atoms with van der Waals surface area (Å²) in [6.07, 6.45) is 3.64. The minimum Gasteiger partial charge on any atom is -0.492 e. The molecule has 24 heavy (non-hydrogen) atoms. The quantitative estimate of drug-likeness (QED) is 0.832. The summed E-state index contributed by atoms with van der Waals surface area (Å²) in [6.45, 7) is 9.84. The average Bonchev–Trinajstić information content (AvgIpc) is 2.98. The maximum atomic E-state index is 12.3. The Labute approximate surface area is 145 Å². The van der Waals surface area contributed by atoms with Crippen molar-refractivity contribution >= 4 is 5.91 Å². The number of amides is 1. The van der Waals surface area contributed by atoms with Crippen LogP contribution < -0.4 is 4.74 Å². The molecule has 0 N–H and O–H groups in total. The van der Waals surface area contributed by atoms with Crippen LogP contribution >= 0.6 is 0 Å². The normalized spacial score (nSPS) is 24.7. The summed E-state index contributed by atoms with van der Waals surface area (Å²) >= 11 is 0. The van der Waals surface area contributed by atoms with E-state index in [2.05, 4.69) is 9.80 Å². The number of nitrogens with zero attached hydrogens (tertiary/aromatic N) is 2. The lowest BCUT2D eigenvalue weighted by atomic mass is 9.79. The lowest BCUT2D eigenvalue weighted by Crippen LogP contribution is -2.46. The molecule has 4 nitrogen and oxygen atoms in total. The van der Waals surface area contributed by atoms with Gasteiger partial charge in [-0.3, -0.25) is 9.69 Å². The first kappa shape index (κ1) is 17.3. The van der Waals surface area contributed by atoms with Gasteiger partial charge in [0.2, 0.25) is 5.91 Å². The fourth-order valence-electron chi connectivity index (χ4n) is 4.13. The Morgan fingerprint density at radius 3 is 2.71 bits per heavy atom. The van der Waals surface area contributed by atoms with E-state index < -0.39 is 0 Å². The lowest BCUT2D eigenvalue weighted by Gasteiger charge is -2.40. The van der Waals surface area contributed by atoms with Gasteiger partial charge in [-0.05, 0) is 37.9 Å². The topological polar surface area (TPSA) is 32.8 Å². The molecule has 1 unspecified atom stereocenters. The molecule has 2 heterocycles. The molecule has 2 saturated heterocycles. The summed E-state index contributed by atoms with van der Waals surface area (Å²) in [6, 6.07) is 10.0. The maximum absolute atomic E-state index is 12.3. The zero-order valence-electron chi connectivity index (χ0n) is 15.0. The molecule has 1 aromatic carbocycles. The Hall–Kier alpha value is -1.55. The van der Waals surface area contributed by atoms with Gasteiger partial charge in [0.25, 0.3) is 0 Å². The zero-order chi connectivity index (χ0) is 17.0. The first-order chi connectivity index (χ1) is 11.6. The Morgan fingerprint density at radius 2 is 1.96 bits per heavy atom. The highest BCUT2D eigenvalue weighted by atomic mass is 16.5. The number of para-hydroxylation sites is 1. The van der Waals surface area contributed by atoms with Gasteiger partial charge < -0.3 is 9.64 Å². The molecule has 0 aliphatic carbocycles. The van der Waals surface area contributed by atoms with Crippen LogP contribution in [0.3, 0.4) is 0 Å². The molecule has 2 aliphatic heterocycles. The molecule has 1 amide bonds. The average molecular weight is 330 g/mol. The van der Waals surface area contributed by atoms with Gasteiger partial charge in [-0.15, -0.1) is 0 Å². The maximum Gasteiger partial charge on any atom is 0.225 e. The van der Waals surface area contributed by atoms with Gasteiger partial charge in [0.05, 0.1) is 0 Å². The summed E-state index contributed by atoms with van der Waals surface area (Å²) < 4.78 is 5.84. The number of hydrogen-bond donors (Lipinski definition) is 0. The Kier molecular flexibility index (Phi) is 5.44. The first-order valence-electron chi connectivity index (χ1n) is 9.27. The van der Waals surface area contributed by atoms with Crippen molar-refractivity contribution < 1.29 is 9.53 Å².